The first-order valence-corrected chi connectivity index (χ1v) is 11.7. The first-order chi connectivity index (χ1) is 17.9. The lowest BCUT2D eigenvalue weighted by molar-refractivity contribution is -0.384. The second-order valence-electron chi connectivity index (χ2n) is 8.50. The lowest BCUT2D eigenvalue weighted by atomic mass is 10.1. The van der Waals surface area contributed by atoms with Crippen molar-refractivity contribution in [3.05, 3.63) is 112 Å². The number of rotatable bonds is 10. The van der Waals surface area contributed by atoms with Crippen LogP contribution < -0.4 is 9.47 Å². The molecule has 0 N–H and O–H groups in total. The number of nitro groups is 1. The third-order valence-corrected chi connectivity index (χ3v) is 6.00. The Balaban J connectivity index is 1.72. The topological polar surface area (TPSA) is 97.5 Å². The highest BCUT2D eigenvalue weighted by molar-refractivity contribution is 5.99. The molecule has 0 radical (unpaired) electrons. The van der Waals surface area contributed by atoms with E-state index in [1.54, 1.807) is 32.2 Å². The van der Waals surface area contributed by atoms with Gasteiger partial charge in [0.2, 0.25) is 0 Å². The fourth-order valence-corrected chi connectivity index (χ4v) is 4.20. The minimum atomic E-state index is -0.497. The summed E-state index contributed by atoms with van der Waals surface area (Å²) in [5, 5.41) is 17.2. The molecule has 9 nitrogen and oxygen atoms in total. The van der Waals surface area contributed by atoms with E-state index in [-0.39, 0.29) is 18.1 Å². The first kappa shape index (κ1) is 25.6. The monoisotopic (exact) mass is 500 g/mol. The number of nitrogens with zero attached hydrogens (tertiary/aromatic N) is 4. The van der Waals surface area contributed by atoms with Crippen molar-refractivity contribution in [2.45, 2.75) is 19.6 Å². The van der Waals surface area contributed by atoms with Gasteiger partial charge in [-0.1, -0.05) is 49.1 Å². The van der Waals surface area contributed by atoms with Crippen molar-refractivity contribution in [1.29, 1.82) is 0 Å². The summed E-state index contributed by atoms with van der Waals surface area (Å²) in [6, 6.07) is 21.6. The number of nitro benzene ring substituents is 1. The van der Waals surface area contributed by atoms with Crippen LogP contribution in [0.5, 0.6) is 11.5 Å². The van der Waals surface area contributed by atoms with E-state index in [9.17, 15) is 14.9 Å². The highest BCUT2D eigenvalue weighted by atomic mass is 16.6. The van der Waals surface area contributed by atoms with E-state index in [0.717, 1.165) is 11.1 Å². The zero-order valence-corrected chi connectivity index (χ0v) is 20.7. The van der Waals surface area contributed by atoms with Gasteiger partial charge in [0.15, 0.2) is 11.5 Å². The summed E-state index contributed by atoms with van der Waals surface area (Å²) in [4.78, 5) is 25.9. The van der Waals surface area contributed by atoms with Gasteiger partial charge in [0, 0.05) is 18.7 Å². The van der Waals surface area contributed by atoms with E-state index in [4.69, 9.17) is 9.47 Å². The predicted octanol–water partition coefficient (Wildman–Crippen LogP) is 4.94. The molecule has 3 aromatic rings. The van der Waals surface area contributed by atoms with Gasteiger partial charge >= 0.3 is 0 Å². The number of hydrogen-bond acceptors (Lipinski definition) is 7. The molecule has 1 heterocycles. The van der Waals surface area contributed by atoms with Crippen LogP contribution in [0.4, 0.5) is 5.69 Å². The van der Waals surface area contributed by atoms with Gasteiger partial charge in [-0.15, -0.1) is 0 Å². The second kappa shape index (κ2) is 11.5. The molecule has 0 bridgehead atoms. The molecule has 0 aliphatic carbocycles. The quantitative estimate of drug-likeness (QED) is 0.169. The SMILES string of the molecule is C=CCOc1ccc([C@@H]2N(Cc3ccccc3)CC(=O)N2/N=C(/C)c2ccc([N+](=O)[O-])cc2)cc1OC. The molecule has 1 aliphatic rings. The maximum atomic E-state index is 13.3. The van der Waals surface area contributed by atoms with Crippen molar-refractivity contribution >= 4 is 17.3 Å². The molecule has 0 saturated carbocycles. The molecule has 1 aliphatic heterocycles. The summed E-state index contributed by atoms with van der Waals surface area (Å²) in [6.07, 6.45) is 1.16. The average Bonchev–Trinajstić information content (AvgIpc) is 3.21. The van der Waals surface area contributed by atoms with Crippen LogP contribution in [0.15, 0.2) is 90.6 Å². The normalized spacial score (nSPS) is 16.1. The Morgan fingerprint density at radius 2 is 1.86 bits per heavy atom. The highest BCUT2D eigenvalue weighted by Gasteiger charge is 2.39. The Morgan fingerprint density at radius 1 is 1.14 bits per heavy atom. The molecule has 1 fully saturated rings. The lowest BCUT2D eigenvalue weighted by Gasteiger charge is -2.28. The largest absolute Gasteiger partial charge is 0.493 e. The number of hydrazone groups is 1. The van der Waals surface area contributed by atoms with Crippen molar-refractivity contribution in [3.63, 3.8) is 0 Å². The Hall–Kier alpha value is -4.50. The number of non-ortho nitro benzene ring substituents is 1. The van der Waals surface area contributed by atoms with E-state index in [0.29, 0.717) is 35.9 Å². The fraction of sp³-hybridized carbons (Fsp3) is 0.214. The average molecular weight is 501 g/mol. The molecule has 0 aromatic heterocycles. The molecule has 0 unspecified atom stereocenters. The van der Waals surface area contributed by atoms with Crippen LogP contribution in [0.3, 0.4) is 0 Å². The van der Waals surface area contributed by atoms with E-state index in [1.165, 1.54) is 17.1 Å². The summed E-state index contributed by atoms with van der Waals surface area (Å²) < 4.78 is 11.3. The van der Waals surface area contributed by atoms with Crippen molar-refractivity contribution in [2.24, 2.45) is 5.10 Å². The number of carbonyl (C=O) groups is 1. The molecule has 0 spiro atoms. The standard InChI is InChI=1S/C28H28N4O5/c1-4-16-37-25-15-12-23(17-26(25)36-3)28-30(18-21-8-6-5-7-9-21)19-27(33)31(28)29-20(2)22-10-13-24(14-11-22)32(34)35/h4-15,17,28H,1,16,18-19H2,2-3H3/b29-20-/t28-/m1/s1. The summed E-state index contributed by atoms with van der Waals surface area (Å²) in [7, 11) is 1.57. The van der Waals surface area contributed by atoms with Crippen LogP contribution in [0.1, 0.15) is 29.8 Å². The summed E-state index contributed by atoms with van der Waals surface area (Å²) >= 11 is 0. The van der Waals surface area contributed by atoms with Gasteiger partial charge in [0.05, 0.1) is 24.3 Å². The molecule has 190 valence electrons. The molecular formula is C28H28N4O5. The van der Waals surface area contributed by atoms with Gasteiger partial charge < -0.3 is 9.47 Å². The van der Waals surface area contributed by atoms with Gasteiger partial charge in [0.1, 0.15) is 12.8 Å². The molecule has 1 atom stereocenters. The Kier molecular flexibility index (Phi) is 7.95. The van der Waals surface area contributed by atoms with Gasteiger partial charge in [0.25, 0.3) is 11.6 Å². The lowest BCUT2D eigenvalue weighted by Crippen LogP contribution is -2.29. The van der Waals surface area contributed by atoms with E-state index >= 15 is 0 Å². The third-order valence-electron chi connectivity index (χ3n) is 6.00. The maximum absolute atomic E-state index is 13.3. The Bertz CT molecular complexity index is 1310. The number of methoxy groups -OCH3 is 1. The molecule has 3 aromatic carbocycles. The molecule has 37 heavy (non-hydrogen) atoms. The molecular weight excluding hydrogens is 472 g/mol. The number of benzene rings is 3. The van der Waals surface area contributed by atoms with Crippen LogP contribution in [0, 0.1) is 10.1 Å². The first-order valence-electron chi connectivity index (χ1n) is 11.7. The van der Waals surface area contributed by atoms with Crippen molar-refractivity contribution in [1.82, 2.24) is 9.91 Å². The molecule has 4 rings (SSSR count). The van der Waals surface area contributed by atoms with E-state index in [2.05, 4.69) is 11.7 Å². The minimum absolute atomic E-state index is 0.00781. The number of amides is 1. The summed E-state index contributed by atoms with van der Waals surface area (Å²) in [5.41, 5.74) is 3.12. The van der Waals surface area contributed by atoms with Gasteiger partial charge in [-0.3, -0.25) is 19.8 Å². The highest BCUT2D eigenvalue weighted by Crippen LogP contribution is 2.37. The molecule has 1 saturated heterocycles. The Morgan fingerprint density at radius 3 is 2.51 bits per heavy atom. The Labute approximate surface area is 215 Å². The number of hydrogen-bond donors (Lipinski definition) is 0. The van der Waals surface area contributed by atoms with Crippen LogP contribution >= 0.6 is 0 Å². The second-order valence-corrected chi connectivity index (χ2v) is 8.50. The van der Waals surface area contributed by atoms with Gasteiger partial charge in [-0.25, -0.2) is 5.01 Å². The van der Waals surface area contributed by atoms with Crippen molar-refractivity contribution in [3.8, 4) is 11.5 Å². The third kappa shape index (κ3) is 5.84. The van der Waals surface area contributed by atoms with Crippen LogP contribution in [0.2, 0.25) is 0 Å². The minimum Gasteiger partial charge on any atom is -0.493 e. The number of ether oxygens (including phenoxy) is 2. The molecule has 9 heteroatoms. The van der Waals surface area contributed by atoms with Gasteiger partial charge in [-0.2, -0.15) is 5.10 Å². The van der Waals surface area contributed by atoms with Crippen LogP contribution in [-0.4, -0.2) is 46.7 Å². The smallest absolute Gasteiger partial charge is 0.269 e. The zero-order chi connectivity index (χ0) is 26.4. The van der Waals surface area contributed by atoms with Gasteiger partial charge in [-0.05, 0) is 47.9 Å². The van der Waals surface area contributed by atoms with E-state index in [1.807, 2.05) is 53.4 Å². The van der Waals surface area contributed by atoms with E-state index < -0.39 is 11.1 Å². The van der Waals surface area contributed by atoms with Crippen molar-refractivity contribution in [2.75, 3.05) is 20.3 Å². The van der Waals surface area contributed by atoms with Crippen LogP contribution in [0.25, 0.3) is 0 Å². The fourth-order valence-electron chi connectivity index (χ4n) is 4.20. The van der Waals surface area contributed by atoms with Crippen LogP contribution in [-0.2, 0) is 11.3 Å². The molecule has 1 amide bonds. The predicted molar refractivity (Wildman–Crippen MR) is 140 cm³/mol. The van der Waals surface area contributed by atoms with Crippen molar-refractivity contribution < 1.29 is 19.2 Å². The summed E-state index contributed by atoms with van der Waals surface area (Å²) in [6.45, 7) is 6.51. The maximum Gasteiger partial charge on any atom is 0.269 e. The zero-order valence-electron chi connectivity index (χ0n) is 20.7. The summed E-state index contributed by atoms with van der Waals surface area (Å²) in [5.74, 6) is 0.949. The number of carbonyl (C=O) groups excluding carboxylic acids is 1.